The van der Waals surface area contributed by atoms with E-state index in [9.17, 15) is 19.4 Å². The van der Waals surface area contributed by atoms with Gasteiger partial charge in [-0.1, -0.05) is 18.2 Å². The van der Waals surface area contributed by atoms with Gasteiger partial charge < -0.3 is 15.5 Å². The minimum Gasteiger partial charge on any atom is -0.504 e. The van der Waals surface area contributed by atoms with Crippen molar-refractivity contribution in [2.75, 3.05) is 0 Å². The highest BCUT2D eigenvalue weighted by atomic mass is 19.1. The molecule has 2 rings (SSSR count). The standard InChI is InChI=1S/C14H12FNO3/c15-10-6-4-9(5-7-10)8-16-14(19)11-2-1-3-12(17)13(11)18/h1-7,17-18H,8H2,(H,16,19). The molecule has 19 heavy (non-hydrogen) atoms. The Morgan fingerprint density at radius 3 is 2.47 bits per heavy atom. The lowest BCUT2D eigenvalue weighted by atomic mass is 10.1. The lowest BCUT2D eigenvalue weighted by Gasteiger charge is -2.07. The summed E-state index contributed by atoms with van der Waals surface area (Å²) < 4.78 is 12.7. The number of rotatable bonds is 3. The third-order valence-corrected chi connectivity index (χ3v) is 2.63. The predicted octanol–water partition coefficient (Wildman–Crippen LogP) is 2.17. The van der Waals surface area contributed by atoms with Gasteiger partial charge in [-0.05, 0) is 29.8 Å². The van der Waals surface area contributed by atoms with Gasteiger partial charge >= 0.3 is 0 Å². The molecule has 2 aromatic rings. The molecule has 0 heterocycles. The highest BCUT2D eigenvalue weighted by Crippen LogP contribution is 2.27. The van der Waals surface area contributed by atoms with Crippen molar-refractivity contribution in [3.05, 3.63) is 59.4 Å². The van der Waals surface area contributed by atoms with E-state index < -0.39 is 11.7 Å². The number of phenolic OH excluding ortho intramolecular Hbond substituents is 2. The number of amides is 1. The number of halogens is 1. The fourth-order valence-electron chi connectivity index (χ4n) is 1.59. The van der Waals surface area contributed by atoms with E-state index in [-0.39, 0.29) is 23.7 Å². The molecule has 2 aromatic carbocycles. The van der Waals surface area contributed by atoms with Gasteiger partial charge in [0, 0.05) is 6.54 Å². The molecule has 4 nitrogen and oxygen atoms in total. The molecule has 0 spiro atoms. The van der Waals surface area contributed by atoms with Crippen LogP contribution in [0.2, 0.25) is 0 Å². The number of benzene rings is 2. The molecule has 0 saturated heterocycles. The molecular formula is C14H12FNO3. The third kappa shape index (κ3) is 3.01. The first-order chi connectivity index (χ1) is 9.08. The molecule has 0 fully saturated rings. The third-order valence-electron chi connectivity index (χ3n) is 2.63. The van der Waals surface area contributed by atoms with Crippen molar-refractivity contribution in [2.24, 2.45) is 0 Å². The first-order valence-electron chi connectivity index (χ1n) is 5.61. The zero-order valence-electron chi connectivity index (χ0n) is 9.93. The van der Waals surface area contributed by atoms with Crippen LogP contribution in [0.15, 0.2) is 42.5 Å². The molecule has 3 N–H and O–H groups in total. The Bertz CT molecular complexity index is 596. The molecule has 1 amide bonds. The van der Waals surface area contributed by atoms with Crippen molar-refractivity contribution < 1.29 is 19.4 Å². The fourth-order valence-corrected chi connectivity index (χ4v) is 1.59. The van der Waals surface area contributed by atoms with E-state index in [0.29, 0.717) is 0 Å². The van der Waals surface area contributed by atoms with Gasteiger partial charge in [0.15, 0.2) is 11.5 Å². The Balaban J connectivity index is 2.05. The number of hydrogen-bond donors (Lipinski definition) is 3. The van der Waals surface area contributed by atoms with E-state index in [1.165, 1.54) is 30.3 Å². The van der Waals surface area contributed by atoms with E-state index in [1.807, 2.05) is 0 Å². The van der Waals surface area contributed by atoms with Crippen LogP contribution < -0.4 is 5.32 Å². The minimum absolute atomic E-state index is 0.0119. The van der Waals surface area contributed by atoms with Crippen LogP contribution in [0.25, 0.3) is 0 Å². The van der Waals surface area contributed by atoms with Crippen molar-refractivity contribution in [1.82, 2.24) is 5.32 Å². The Kier molecular flexibility index (Phi) is 3.66. The Morgan fingerprint density at radius 2 is 1.79 bits per heavy atom. The van der Waals surface area contributed by atoms with E-state index >= 15 is 0 Å². The second kappa shape index (κ2) is 5.39. The zero-order valence-corrected chi connectivity index (χ0v) is 9.93. The summed E-state index contributed by atoms with van der Waals surface area (Å²) in [6, 6.07) is 9.85. The summed E-state index contributed by atoms with van der Waals surface area (Å²) in [4.78, 5) is 11.8. The minimum atomic E-state index is -0.516. The first kappa shape index (κ1) is 12.9. The molecule has 0 unspecified atom stereocenters. The summed E-state index contributed by atoms with van der Waals surface area (Å²) in [7, 11) is 0. The Hall–Kier alpha value is -2.56. The number of nitrogens with one attached hydrogen (secondary N) is 1. The van der Waals surface area contributed by atoms with E-state index in [0.717, 1.165) is 5.56 Å². The quantitative estimate of drug-likeness (QED) is 0.741. The number of carbonyl (C=O) groups is 1. The summed E-state index contributed by atoms with van der Waals surface area (Å²) >= 11 is 0. The van der Waals surface area contributed by atoms with Gasteiger partial charge in [0.2, 0.25) is 0 Å². The van der Waals surface area contributed by atoms with Crippen molar-refractivity contribution in [3.63, 3.8) is 0 Å². The van der Waals surface area contributed by atoms with Gasteiger partial charge in [-0.3, -0.25) is 4.79 Å². The zero-order chi connectivity index (χ0) is 13.8. The summed E-state index contributed by atoms with van der Waals surface area (Å²) in [5.74, 6) is -1.67. The summed E-state index contributed by atoms with van der Waals surface area (Å²) in [6.07, 6.45) is 0. The molecule has 0 radical (unpaired) electrons. The van der Waals surface area contributed by atoms with Gasteiger partial charge in [-0.15, -0.1) is 0 Å². The molecule has 0 aromatic heterocycles. The Morgan fingerprint density at radius 1 is 1.11 bits per heavy atom. The van der Waals surface area contributed by atoms with Gasteiger partial charge in [0.05, 0.1) is 5.56 Å². The highest BCUT2D eigenvalue weighted by Gasteiger charge is 2.13. The van der Waals surface area contributed by atoms with E-state index in [4.69, 9.17) is 0 Å². The van der Waals surface area contributed by atoms with Crippen LogP contribution in [-0.2, 0) is 6.54 Å². The van der Waals surface area contributed by atoms with Crippen molar-refractivity contribution in [3.8, 4) is 11.5 Å². The number of para-hydroxylation sites is 1. The maximum Gasteiger partial charge on any atom is 0.255 e. The van der Waals surface area contributed by atoms with Crippen LogP contribution in [0.4, 0.5) is 4.39 Å². The smallest absolute Gasteiger partial charge is 0.255 e. The summed E-state index contributed by atoms with van der Waals surface area (Å²) in [6.45, 7) is 0.203. The van der Waals surface area contributed by atoms with Crippen LogP contribution in [0, 0.1) is 5.82 Å². The molecule has 0 bridgehead atoms. The maximum atomic E-state index is 12.7. The second-order valence-corrected chi connectivity index (χ2v) is 3.98. The van der Waals surface area contributed by atoms with Crippen LogP contribution in [-0.4, -0.2) is 16.1 Å². The van der Waals surface area contributed by atoms with Crippen molar-refractivity contribution in [1.29, 1.82) is 0 Å². The monoisotopic (exact) mass is 261 g/mol. The number of phenols is 2. The molecule has 98 valence electrons. The van der Waals surface area contributed by atoms with E-state index in [2.05, 4.69) is 5.32 Å². The lowest BCUT2D eigenvalue weighted by Crippen LogP contribution is -2.22. The van der Waals surface area contributed by atoms with Gasteiger partial charge in [-0.25, -0.2) is 4.39 Å². The molecule has 0 aliphatic carbocycles. The van der Waals surface area contributed by atoms with Gasteiger partial charge in [0.25, 0.3) is 5.91 Å². The van der Waals surface area contributed by atoms with Crippen molar-refractivity contribution >= 4 is 5.91 Å². The van der Waals surface area contributed by atoms with E-state index in [1.54, 1.807) is 12.1 Å². The topological polar surface area (TPSA) is 69.6 Å². The van der Waals surface area contributed by atoms with Crippen LogP contribution in [0.5, 0.6) is 11.5 Å². The average molecular weight is 261 g/mol. The van der Waals surface area contributed by atoms with Crippen LogP contribution in [0.1, 0.15) is 15.9 Å². The fraction of sp³-hybridized carbons (Fsp3) is 0.0714. The van der Waals surface area contributed by atoms with Crippen LogP contribution >= 0.6 is 0 Å². The largest absolute Gasteiger partial charge is 0.504 e. The highest BCUT2D eigenvalue weighted by molar-refractivity contribution is 5.97. The second-order valence-electron chi connectivity index (χ2n) is 3.98. The number of carbonyl (C=O) groups excluding carboxylic acids is 1. The van der Waals surface area contributed by atoms with Crippen LogP contribution in [0.3, 0.4) is 0 Å². The van der Waals surface area contributed by atoms with Gasteiger partial charge in [0.1, 0.15) is 5.82 Å². The molecule has 0 saturated carbocycles. The predicted molar refractivity (Wildman–Crippen MR) is 67.3 cm³/mol. The molecule has 5 heteroatoms. The molecule has 0 aliphatic rings. The molecule has 0 atom stereocenters. The van der Waals surface area contributed by atoms with Crippen molar-refractivity contribution in [2.45, 2.75) is 6.54 Å². The average Bonchev–Trinajstić information content (AvgIpc) is 2.41. The number of aromatic hydroxyl groups is 2. The van der Waals surface area contributed by atoms with Gasteiger partial charge in [-0.2, -0.15) is 0 Å². The molecule has 0 aliphatic heterocycles. The summed E-state index contributed by atoms with van der Waals surface area (Å²) in [5.41, 5.74) is 0.719. The first-order valence-corrected chi connectivity index (χ1v) is 5.61. The maximum absolute atomic E-state index is 12.7. The molecular weight excluding hydrogens is 249 g/mol. The summed E-state index contributed by atoms with van der Waals surface area (Å²) in [5, 5.41) is 21.4. The lowest BCUT2D eigenvalue weighted by molar-refractivity contribution is 0.0947. The Labute approximate surface area is 109 Å². The normalized spacial score (nSPS) is 10.2. The SMILES string of the molecule is O=C(NCc1ccc(F)cc1)c1cccc(O)c1O. The number of hydrogen-bond acceptors (Lipinski definition) is 3.